The van der Waals surface area contributed by atoms with Crippen LogP contribution in [-0.4, -0.2) is 35.7 Å². The Hall–Kier alpha value is -2.76. The molecule has 6 heteroatoms. The minimum Gasteiger partial charge on any atom is -0.366 e. The molecule has 0 heterocycles. The van der Waals surface area contributed by atoms with Gasteiger partial charge in [0.1, 0.15) is 5.84 Å². The van der Waals surface area contributed by atoms with Crippen molar-refractivity contribution in [3.8, 4) is 0 Å². The molecule has 0 bridgehead atoms. The lowest BCUT2D eigenvalue weighted by Gasteiger charge is -2.10. The second-order valence-electron chi connectivity index (χ2n) is 4.79. The van der Waals surface area contributed by atoms with Crippen molar-refractivity contribution < 1.29 is 9.72 Å². The van der Waals surface area contributed by atoms with Gasteiger partial charge >= 0.3 is 0 Å². The third-order valence-corrected chi connectivity index (χ3v) is 3.24. The van der Waals surface area contributed by atoms with E-state index < -0.39 is 10.8 Å². The number of aliphatic imine (C=N–C) groups is 1. The number of fused-ring (bicyclic) bond motifs is 1. The zero-order valence-corrected chi connectivity index (χ0v) is 12.0. The first kappa shape index (κ1) is 14.6. The van der Waals surface area contributed by atoms with Crippen molar-refractivity contribution in [3.63, 3.8) is 0 Å². The lowest BCUT2D eigenvalue weighted by Crippen LogP contribution is -2.19. The highest BCUT2D eigenvalue weighted by molar-refractivity contribution is 6.12. The summed E-state index contributed by atoms with van der Waals surface area (Å²) in [5.41, 5.74) is 0.341. The molecule has 21 heavy (non-hydrogen) atoms. The average Bonchev–Trinajstić information content (AvgIpc) is 2.45. The maximum absolute atomic E-state index is 12.3. The quantitative estimate of drug-likeness (QED) is 0.368. The third kappa shape index (κ3) is 2.89. The van der Waals surface area contributed by atoms with Crippen LogP contribution in [0.1, 0.15) is 17.3 Å². The van der Waals surface area contributed by atoms with Crippen LogP contribution in [0.4, 0.5) is 5.69 Å². The average molecular weight is 285 g/mol. The summed E-state index contributed by atoms with van der Waals surface area (Å²) in [6.45, 7) is 1.73. The first-order valence-corrected chi connectivity index (χ1v) is 6.35. The van der Waals surface area contributed by atoms with Crippen molar-refractivity contribution in [2.45, 2.75) is 6.92 Å². The molecule has 6 nitrogen and oxygen atoms in total. The summed E-state index contributed by atoms with van der Waals surface area (Å²) < 4.78 is 0. The van der Waals surface area contributed by atoms with Crippen LogP contribution in [0.3, 0.4) is 0 Å². The highest BCUT2D eigenvalue weighted by Gasteiger charge is 2.16. The van der Waals surface area contributed by atoms with Gasteiger partial charge in [-0.05, 0) is 19.1 Å². The Kier molecular flexibility index (Phi) is 3.98. The molecule has 0 unspecified atom stereocenters. The van der Waals surface area contributed by atoms with Gasteiger partial charge in [-0.2, -0.15) is 4.99 Å². The van der Waals surface area contributed by atoms with Crippen LogP contribution < -0.4 is 0 Å². The van der Waals surface area contributed by atoms with Gasteiger partial charge in [0.25, 0.3) is 11.6 Å². The molecule has 0 N–H and O–H groups in total. The maximum Gasteiger partial charge on any atom is 0.279 e. The van der Waals surface area contributed by atoms with Gasteiger partial charge in [-0.25, -0.2) is 0 Å². The van der Waals surface area contributed by atoms with E-state index in [2.05, 4.69) is 4.99 Å². The summed E-state index contributed by atoms with van der Waals surface area (Å²) in [6, 6.07) is 9.57. The van der Waals surface area contributed by atoms with Gasteiger partial charge in [-0.1, -0.05) is 18.2 Å². The Balaban J connectivity index is 2.61. The molecule has 2 aromatic carbocycles. The molecule has 0 radical (unpaired) electrons. The summed E-state index contributed by atoms with van der Waals surface area (Å²) in [7, 11) is 3.58. The number of amides is 1. The molecule has 2 aromatic rings. The number of benzene rings is 2. The standard InChI is InChI=1S/C15H15N3O3/c1-10(17(2)3)16-15(19)13-8-4-7-12-11(13)6-5-9-14(12)18(20)21/h4-9H,1-3H3. The van der Waals surface area contributed by atoms with E-state index in [1.807, 2.05) is 0 Å². The Labute approximate surface area is 121 Å². The lowest BCUT2D eigenvalue weighted by atomic mass is 10.0. The normalized spacial score (nSPS) is 11.5. The van der Waals surface area contributed by atoms with Crippen molar-refractivity contribution in [2.75, 3.05) is 14.1 Å². The highest BCUT2D eigenvalue weighted by Crippen LogP contribution is 2.28. The Morgan fingerprint density at radius 2 is 1.76 bits per heavy atom. The second-order valence-corrected chi connectivity index (χ2v) is 4.79. The maximum atomic E-state index is 12.3. The Morgan fingerprint density at radius 1 is 1.14 bits per heavy atom. The predicted molar refractivity (Wildman–Crippen MR) is 81.7 cm³/mol. The van der Waals surface area contributed by atoms with Crippen molar-refractivity contribution in [2.24, 2.45) is 4.99 Å². The van der Waals surface area contributed by atoms with Gasteiger partial charge in [-0.15, -0.1) is 0 Å². The van der Waals surface area contributed by atoms with Crippen LogP contribution in [0.25, 0.3) is 10.8 Å². The van der Waals surface area contributed by atoms with Gasteiger partial charge in [0.2, 0.25) is 0 Å². The van der Waals surface area contributed by atoms with Crippen LogP contribution in [0.2, 0.25) is 0 Å². The zero-order chi connectivity index (χ0) is 15.6. The molecule has 2 rings (SSSR count). The number of carbonyl (C=O) groups excluding carboxylic acids is 1. The fraction of sp³-hybridized carbons (Fsp3) is 0.200. The zero-order valence-electron chi connectivity index (χ0n) is 12.0. The number of amidine groups is 1. The van der Waals surface area contributed by atoms with Gasteiger partial charge < -0.3 is 4.90 Å². The topological polar surface area (TPSA) is 75.8 Å². The van der Waals surface area contributed by atoms with Crippen molar-refractivity contribution in [3.05, 3.63) is 52.1 Å². The number of rotatable bonds is 2. The smallest absolute Gasteiger partial charge is 0.279 e. The molecular formula is C15H15N3O3. The number of nitro groups is 1. The van der Waals surface area contributed by atoms with Gasteiger partial charge in [0.15, 0.2) is 0 Å². The molecule has 0 fully saturated rings. The summed E-state index contributed by atoms with van der Waals surface area (Å²) >= 11 is 0. The number of nitrogens with zero attached hydrogens (tertiary/aromatic N) is 3. The molecule has 0 spiro atoms. The summed E-state index contributed by atoms with van der Waals surface area (Å²) in [5.74, 6) is 0.162. The van der Waals surface area contributed by atoms with Gasteiger partial charge in [-0.3, -0.25) is 14.9 Å². The number of carbonyl (C=O) groups is 1. The predicted octanol–water partition coefficient (Wildman–Crippen LogP) is 2.87. The van der Waals surface area contributed by atoms with Crippen LogP contribution in [0.15, 0.2) is 41.4 Å². The molecule has 0 aliphatic heterocycles. The van der Waals surface area contributed by atoms with E-state index in [9.17, 15) is 14.9 Å². The van der Waals surface area contributed by atoms with E-state index in [0.717, 1.165) is 0 Å². The first-order chi connectivity index (χ1) is 9.91. The highest BCUT2D eigenvalue weighted by atomic mass is 16.6. The van der Waals surface area contributed by atoms with Gasteiger partial charge in [0.05, 0.1) is 10.3 Å². The number of non-ortho nitro benzene ring substituents is 1. The van der Waals surface area contributed by atoms with Crippen LogP contribution in [0.5, 0.6) is 0 Å². The Bertz CT molecular complexity index is 751. The van der Waals surface area contributed by atoms with E-state index in [4.69, 9.17) is 0 Å². The van der Waals surface area contributed by atoms with E-state index in [-0.39, 0.29) is 5.69 Å². The molecule has 0 aliphatic carbocycles. The van der Waals surface area contributed by atoms with Crippen LogP contribution in [0, 0.1) is 10.1 Å². The fourth-order valence-electron chi connectivity index (χ4n) is 1.95. The van der Waals surface area contributed by atoms with Gasteiger partial charge in [0, 0.05) is 31.1 Å². The van der Waals surface area contributed by atoms with E-state index in [1.165, 1.54) is 6.07 Å². The monoisotopic (exact) mass is 285 g/mol. The van der Waals surface area contributed by atoms with E-state index in [1.54, 1.807) is 56.3 Å². The first-order valence-electron chi connectivity index (χ1n) is 6.35. The minimum atomic E-state index is -0.453. The molecule has 108 valence electrons. The molecular weight excluding hydrogens is 270 g/mol. The third-order valence-electron chi connectivity index (χ3n) is 3.24. The fourth-order valence-corrected chi connectivity index (χ4v) is 1.95. The second kappa shape index (κ2) is 5.70. The summed E-state index contributed by atoms with van der Waals surface area (Å²) in [5, 5.41) is 12.0. The molecule has 0 saturated heterocycles. The number of nitro benzene ring substituents is 1. The molecule has 0 atom stereocenters. The summed E-state index contributed by atoms with van der Waals surface area (Å²) in [4.78, 5) is 28.6. The number of hydrogen-bond donors (Lipinski definition) is 0. The molecule has 0 aromatic heterocycles. The SMILES string of the molecule is CC(=NC(=O)c1cccc2c([N+](=O)[O-])cccc12)N(C)C. The lowest BCUT2D eigenvalue weighted by molar-refractivity contribution is -0.383. The van der Waals surface area contributed by atoms with E-state index in [0.29, 0.717) is 22.2 Å². The van der Waals surface area contributed by atoms with E-state index >= 15 is 0 Å². The Morgan fingerprint density at radius 3 is 2.38 bits per heavy atom. The van der Waals surface area contributed by atoms with Crippen molar-refractivity contribution in [1.82, 2.24) is 4.90 Å². The van der Waals surface area contributed by atoms with Crippen molar-refractivity contribution in [1.29, 1.82) is 0 Å². The minimum absolute atomic E-state index is 0.0181. The molecule has 0 aliphatic rings. The number of hydrogen-bond acceptors (Lipinski definition) is 3. The largest absolute Gasteiger partial charge is 0.366 e. The van der Waals surface area contributed by atoms with Crippen molar-refractivity contribution >= 4 is 28.2 Å². The molecule has 0 saturated carbocycles. The van der Waals surface area contributed by atoms with Crippen LogP contribution in [-0.2, 0) is 0 Å². The summed E-state index contributed by atoms with van der Waals surface area (Å²) in [6.07, 6.45) is 0. The molecule has 1 amide bonds. The van der Waals surface area contributed by atoms with Crippen LogP contribution >= 0.6 is 0 Å².